The zero-order valence-electron chi connectivity index (χ0n) is 23.6. The highest BCUT2D eigenvalue weighted by molar-refractivity contribution is 8.03. The quantitative estimate of drug-likeness (QED) is 0.287. The number of alkyl carbamates (subject to hydrolysis) is 1. The molecule has 11 nitrogen and oxygen atoms in total. The molecule has 0 radical (unpaired) electrons. The molecule has 3 atom stereocenters. The normalized spacial score (nSPS) is 22.5. The SMILES string of the molecule is C=CCOC(=O)NCCC[C@H]1C(=O)N(CCC2CC=CS2)C[C@H]2N1C(=O)CN(CC)N2C(=O)NCc1ccccc1. The van der Waals surface area contributed by atoms with Crippen LogP contribution in [0.4, 0.5) is 9.59 Å². The molecule has 41 heavy (non-hydrogen) atoms. The number of hydrogen-bond acceptors (Lipinski definition) is 7. The van der Waals surface area contributed by atoms with Crippen LogP contribution in [-0.4, -0.2) is 101 Å². The summed E-state index contributed by atoms with van der Waals surface area (Å²) >= 11 is 1.77. The number of carbonyl (C=O) groups excluding carboxylic acids is 4. The van der Waals surface area contributed by atoms with E-state index in [0.717, 1.165) is 18.4 Å². The van der Waals surface area contributed by atoms with Gasteiger partial charge in [0.2, 0.25) is 11.8 Å². The number of allylic oxidation sites excluding steroid dienone is 1. The highest BCUT2D eigenvalue weighted by atomic mass is 32.2. The van der Waals surface area contributed by atoms with Crippen molar-refractivity contribution in [2.24, 2.45) is 0 Å². The molecule has 3 aliphatic heterocycles. The third-order valence-electron chi connectivity index (χ3n) is 7.43. The van der Waals surface area contributed by atoms with Crippen LogP contribution in [0.15, 0.2) is 54.5 Å². The Hall–Kier alpha value is -3.51. The number of likely N-dealkylation sites (N-methyl/N-ethyl adjacent to an activating group) is 1. The van der Waals surface area contributed by atoms with Gasteiger partial charge in [0.1, 0.15) is 18.8 Å². The van der Waals surface area contributed by atoms with Crippen molar-refractivity contribution in [1.29, 1.82) is 0 Å². The number of benzene rings is 1. The van der Waals surface area contributed by atoms with Gasteiger partial charge in [-0.2, -0.15) is 0 Å². The van der Waals surface area contributed by atoms with Gasteiger partial charge >= 0.3 is 12.1 Å². The van der Waals surface area contributed by atoms with Crippen LogP contribution in [0.3, 0.4) is 0 Å². The molecule has 1 aromatic carbocycles. The number of nitrogens with zero attached hydrogens (tertiary/aromatic N) is 4. The number of piperazine rings is 1. The van der Waals surface area contributed by atoms with E-state index in [1.165, 1.54) is 6.08 Å². The van der Waals surface area contributed by atoms with Crippen molar-refractivity contribution in [1.82, 2.24) is 30.5 Å². The minimum absolute atomic E-state index is 0.00600. The molecule has 0 saturated carbocycles. The van der Waals surface area contributed by atoms with Crippen LogP contribution < -0.4 is 10.6 Å². The first kappa shape index (κ1) is 30.4. The number of fused-ring (bicyclic) bond motifs is 1. The largest absolute Gasteiger partial charge is 0.445 e. The van der Waals surface area contributed by atoms with Gasteiger partial charge in [-0.3, -0.25) is 9.59 Å². The molecule has 0 bridgehead atoms. The second-order valence-corrected chi connectivity index (χ2v) is 11.4. The Balaban J connectivity index is 1.51. The molecule has 222 valence electrons. The van der Waals surface area contributed by atoms with Gasteiger partial charge in [0.25, 0.3) is 0 Å². The molecule has 2 saturated heterocycles. The number of amides is 5. The van der Waals surface area contributed by atoms with Crippen LogP contribution in [0.1, 0.15) is 38.2 Å². The summed E-state index contributed by atoms with van der Waals surface area (Å²) < 4.78 is 4.95. The third kappa shape index (κ3) is 7.82. The van der Waals surface area contributed by atoms with Crippen molar-refractivity contribution in [3.05, 3.63) is 60.0 Å². The fourth-order valence-corrected chi connectivity index (χ4v) is 6.29. The summed E-state index contributed by atoms with van der Waals surface area (Å²) in [7, 11) is 0. The minimum atomic E-state index is -0.731. The van der Waals surface area contributed by atoms with E-state index in [2.05, 4.69) is 28.7 Å². The Kier molecular flexibility index (Phi) is 11.1. The van der Waals surface area contributed by atoms with E-state index >= 15 is 0 Å². The highest BCUT2D eigenvalue weighted by Crippen LogP contribution is 2.31. The monoisotopic (exact) mass is 584 g/mol. The van der Waals surface area contributed by atoms with Gasteiger partial charge in [0.15, 0.2) is 0 Å². The summed E-state index contributed by atoms with van der Waals surface area (Å²) in [5.74, 6) is -0.301. The van der Waals surface area contributed by atoms with Crippen LogP contribution >= 0.6 is 11.8 Å². The molecule has 1 aromatic rings. The Labute approximate surface area is 245 Å². The lowest BCUT2D eigenvalue weighted by molar-refractivity contribution is -0.190. The Morgan fingerprint density at radius 2 is 1.98 bits per heavy atom. The second kappa shape index (κ2) is 14.9. The van der Waals surface area contributed by atoms with Gasteiger partial charge in [-0.25, -0.2) is 19.6 Å². The summed E-state index contributed by atoms with van der Waals surface area (Å²) in [6.07, 6.45) is 5.04. The Bertz CT molecular complexity index is 1110. The molecule has 12 heteroatoms. The van der Waals surface area contributed by atoms with Crippen molar-refractivity contribution in [3.8, 4) is 0 Å². The summed E-state index contributed by atoms with van der Waals surface area (Å²) in [4.78, 5) is 56.1. The number of thioether (sulfide) groups is 1. The number of hydrogen-bond donors (Lipinski definition) is 2. The lowest BCUT2D eigenvalue weighted by atomic mass is 10.0. The molecule has 4 rings (SSSR count). The Morgan fingerprint density at radius 3 is 2.68 bits per heavy atom. The molecule has 3 aliphatic rings. The van der Waals surface area contributed by atoms with Gasteiger partial charge in [-0.15, -0.1) is 11.8 Å². The first-order chi connectivity index (χ1) is 19.9. The zero-order chi connectivity index (χ0) is 29.2. The van der Waals surface area contributed by atoms with Gasteiger partial charge < -0.3 is 25.2 Å². The lowest BCUT2D eigenvalue weighted by Gasteiger charge is -2.55. The molecular weight excluding hydrogens is 544 g/mol. The molecule has 0 aliphatic carbocycles. The molecule has 2 fully saturated rings. The van der Waals surface area contributed by atoms with Crippen molar-refractivity contribution >= 4 is 35.7 Å². The van der Waals surface area contributed by atoms with E-state index < -0.39 is 18.3 Å². The van der Waals surface area contributed by atoms with Gasteiger partial charge in [-0.1, -0.05) is 56.0 Å². The Morgan fingerprint density at radius 1 is 1.17 bits per heavy atom. The van der Waals surface area contributed by atoms with Crippen molar-refractivity contribution in [3.63, 3.8) is 0 Å². The zero-order valence-corrected chi connectivity index (χ0v) is 24.4. The van der Waals surface area contributed by atoms with Crippen LogP contribution in [0, 0.1) is 0 Å². The molecular formula is C29H40N6O5S. The smallest absolute Gasteiger partial charge is 0.407 e. The maximum atomic E-state index is 13.8. The number of rotatable bonds is 12. The fraction of sp³-hybridized carbons (Fsp3) is 0.517. The van der Waals surface area contributed by atoms with Crippen LogP contribution in [0.5, 0.6) is 0 Å². The number of ether oxygens (including phenoxy) is 1. The second-order valence-electron chi connectivity index (χ2n) is 10.2. The number of hydrazine groups is 1. The van der Waals surface area contributed by atoms with Crippen LogP contribution in [-0.2, 0) is 20.9 Å². The predicted molar refractivity (Wildman–Crippen MR) is 157 cm³/mol. The average molecular weight is 585 g/mol. The summed E-state index contributed by atoms with van der Waals surface area (Å²) in [5, 5.41) is 11.6. The average Bonchev–Trinajstić information content (AvgIpc) is 3.51. The van der Waals surface area contributed by atoms with E-state index in [-0.39, 0.29) is 37.5 Å². The number of nitrogens with one attached hydrogen (secondary N) is 2. The van der Waals surface area contributed by atoms with Crippen molar-refractivity contribution in [2.45, 2.75) is 56.6 Å². The standard InChI is InChI=1S/C29H40N6O5S/c1-3-17-40-29(39)30-15-8-13-24-27(37)32(16-14-23-12-9-18-41-23)20-25-34(24)26(36)21-33(4-2)35(25)28(38)31-19-22-10-6-5-7-11-22/h3,5-7,9-11,18,23-25H,1,4,8,12-17,19-21H2,2H3,(H,30,39)(H,31,38)/t23?,24-,25-/m0/s1. The van der Waals surface area contributed by atoms with E-state index in [9.17, 15) is 19.2 Å². The summed E-state index contributed by atoms with van der Waals surface area (Å²) in [5.41, 5.74) is 0.967. The predicted octanol–water partition coefficient (Wildman–Crippen LogP) is 2.92. The van der Waals surface area contributed by atoms with E-state index in [4.69, 9.17) is 4.74 Å². The van der Waals surface area contributed by atoms with Crippen molar-refractivity contribution < 1.29 is 23.9 Å². The molecule has 5 amide bonds. The molecule has 0 spiro atoms. The molecule has 2 N–H and O–H groups in total. The lowest BCUT2D eigenvalue weighted by Crippen LogP contribution is -2.76. The van der Waals surface area contributed by atoms with E-state index in [1.807, 2.05) is 37.3 Å². The van der Waals surface area contributed by atoms with E-state index in [0.29, 0.717) is 44.3 Å². The maximum absolute atomic E-state index is 13.8. The molecule has 3 heterocycles. The first-order valence-corrected chi connectivity index (χ1v) is 15.1. The number of carbonyl (C=O) groups is 4. The van der Waals surface area contributed by atoms with Crippen molar-refractivity contribution in [2.75, 3.05) is 39.3 Å². The van der Waals surface area contributed by atoms with Gasteiger partial charge in [0, 0.05) is 31.4 Å². The molecule has 0 aromatic heterocycles. The fourth-order valence-electron chi connectivity index (χ4n) is 5.38. The summed E-state index contributed by atoms with van der Waals surface area (Å²) in [6, 6.07) is 8.60. The molecule has 1 unspecified atom stereocenters. The topological polar surface area (TPSA) is 115 Å². The van der Waals surface area contributed by atoms with Crippen LogP contribution in [0.2, 0.25) is 0 Å². The van der Waals surface area contributed by atoms with Crippen LogP contribution in [0.25, 0.3) is 0 Å². The number of urea groups is 1. The maximum Gasteiger partial charge on any atom is 0.407 e. The minimum Gasteiger partial charge on any atom is -0.445 e. The van der Waals surface area contributed by atoms with Gasteiger partial charge in [-0.05, 0) is 36.7 Å². The van der Waals surface area contributed by atoms with E-state index in [1.54, 1.807) is 31.6 Å². The summed E-state index contributed by atoms with van der Waals surface area (Å²) in [6.45, 7) is 7.44. The highest BCUT2D eigenvalue weighted by Gasteiger charge is 2.50. The first-order valence-electron chi connectivity index (χ1n) is 14.2. The third-order valence-corrected chi connectivity index (χ3v) is 8.60. The van der Waals surface area contributed by atoms with Gasteiger partial charge in [0.05, 0.1) is 13.1 Å².